The zero-order valence-corrected chi connectivity index (χ0v) is 17.9. The van der Waals surface area contributed by atoms with E-state index < -0.39 is 11.7 Å². The molecule has 5 nitrogen and oxygen atoms in total. The van der Waals surface area contributed by atoms with Crippen LogP contribution >= 0.6 is 0 Å². The molecule has 2 heterocycles. The molecule has 0 saturated carbocycles. The molecule has 170 valence electrons. The first-order chi connectivity index (χ1) is 15.4. The van der Waals surface area contributed by atoms with Crippen LogP contribution in [0.2, 0.25) is 0 Å². The number of anilines is 1. The fourth-order valence-corrected chi connectivity index (χ4v) is 3.89. The Balaban J connectivity index is 1.34. The molecule has 0 fully saturated rings. The summed E-state index contributed by atoms with van der Waals surface area (Å²) in [5, 5.41) is 4.04. The molecular formula is C24H26F3N3O2. The minimum absolute atomic E-state index is 0.268. The van der Waals surface area contributed by atoms with Crippen LogP contribution in [0.5, 0.6) is 11.5 Å². The van der Waals surface area contributed by atoms with Crippen LogP contribution < -0.4 is 14.8 Å². The summed E-state index contributed by atoms with van der Waals surface area (Å²) < 4.78 is 49.7. The maximum atomic E-state index is 13.0. The Morgan fingerprint density at radius 2 is 1.88 bits per heavy atom. The number of nitrogens with one attached hydrogen (secondary N) is 1. The molecule has 0 aliphatic carbocycles. The van der Waals surface area contributed by atoms with E-state index in [9.17, 15) is 13.2 Å². The number of rotatable bonds is 9. The van der Waals surface area contributed by atoms with E-state index in [1.54, 1.807) is 6.07 Å². The Morgan fingerprint density at radius 1 is 1.03 bits per heavy atom. The standard InChI is InChI=1S/C24H26F3N3O2/c1-2-11-30(15-17-4-7-22-23(13-17)32-16-31-22)12-3-9-28-20-8-10-29-21-14-18(24(25,26)27)5-6-19(20)21/h4-8,10,13-14H,2-3,9,11-12,15-16H2,1H3,(H,28,29). The van der Waals surface area contributed by atoms with Crippen molar-refractivity contribution in [2.45, 2.75) is 32.5 Å². The van der Waals surface area contributed by atoms with Crippen molar-refractivity contribution in [3.05, 3.63) is 59.8 Å². The van der Waals surface area contributed by atoms with Gasteiger partial charge in [-0.25, -0.2) is 0 Å². The highest BCUT2D eigenvalue weighted by molar-refractivity contribution is 5.91. The van der Waals surface area contributed by atoms with Gasteiger partial charge in [-0.15, -0.1) is 0 Å². The predicted molar refractivity (Wildman–Crippen MR) is 118 cm³/mol. The van der Waals surface area contributed by atoms with Gasteiger partial charge in [-0.2, -0.15) is 13.2 Å². The zero-order chi connectivity index (χ0) is 22.6. The van der Waals surface area contributed by atoms with Crippen LogP contribution in [0.15, 0.2) is 48.7 Å². The second kappa shape index (κ2) is 9.65. The highest BCUT2D eigenvalue weighted by atomic mass is 19.4. The quantitative estimate of drug-likeness (QED) is 0.429. The van der Waals surface area contributed by atoms with Gasteiger partial charge in [0, 0.05) is 36.9 Å². The number of aromatic nitrogens is 1. The van der Waals surface area contributed by atoms with Crippen molar-refractivity contribution in [1.29, 1.82) is 0 Å². The fraction of sp³-hybridized carbons (Fsp3) is 0.375. The van der Waals surface area contributed by atoms with Crippen molar-refractivity contribution in [2.75, 3.05) is 31.7 Å². The third-order valence-electron chi connectivity index (χ3n) is 5.42. The number of ether oxygens (including phenoxy) is 2. The van der Waals surface area contributed by atoms with Crippen molar-refractivity contribution in [3.63, 3.8) is 0 Å². The average Bonchev–Trinajstić information content (AvgIpc) is 3.24. The maximum Gasteiger partial charge on any atom is 0.416 e. The third kappa shape index (κ3) is 5.24. The molecule has 2 aromatic carbocycles. The van der Waals surface area contributed by atoms with E-state index in [1.165, 1.54) is 17.8 Å². The summed E-state index contributed by atoms with van der Waals surface area (Å²) in [5.41, 5.74) is 1.62. The smallest absolute Gasteiger partial charge is 0.416 e. The van der Waals surface area contributed by atoms with Gasteiger partial charge >= 0.3 is 6.18 Å². The number of hydrogen-bond acceptors (Lipinski definition) is 5. The minimum Gasteiger partial charge on any atom is -0.454 e. The molecule has 0 amide bonds. The molecule has 1 aliphatic rings. The van der Waals surface area contributed by atoms with Crippen LogP contribution in [0.1, 0.15) is 30.9 Å². The lowest BCUT2D eigenvalue weighted by molar-refractivity contribution is -0.137. The van der Waals surface area contributed by atoms with Crippen molar-refractivity contribution in [2.24, 2.45) is 0 Å². The first-order valence-corrected chi connectivity index (χ1v) is 10.7. The van der Waals surface area contributed by atoms with Crippen LogP contribution in [0, 0.1) is 0 Å². The summed E-state index contributed by atoms with van der Waals surface area (Å²) in [6.07, 6.45) is -0.891. The van der Waals surface area contributed by atoms with E-state index in [0.29, 0.717) is 17.4 Å². The van der Waals surface area contributed by atoms with E-state index in [4.69, 9.17) is 9.47 Å². The van der Waals surface area contributed by atoms with Gasteiger partial charge in [0.05, 0.1) is 11.1 Å². The Hall–Kier alpha value is -3.00. The fourth-order valence-electron chi connectivity index (χ4n) is 3.89. The van der Waals surface area contributed by atoms with Crippen LogP contribution in [0.25, 0.3) is 10.9 Å². The van der Waals surface area contributed by atoms with Crippen molar-refractivity contribution in [1.82, 2.24) is 9.88 Å². The molecule has 0 radical (unpaired) electrons. The molecule has 1 aliphatic heterocycles. The minimum atomic E-state index is -4.37. The molecule has 0 spiro atoms. The largest absolute Gasteiger partial charge is 0.454 e. The summed E-state index contributed by atoms with van der Waals surface area (Å²) in [6, 6.07) is 11.5. The highest BCUT2D eigenvalue weighted by Gasteiger charge is 2.30. The third-order valence-corrected chi connectivity index (χ3v) is 5.42. The zero-order valence-electron chi connectivity index (χ0n) is 17.9. The number of fused-ring (bicyclic) bond motifs is 2. The molecule has 1 aromatic heterocycles. The Morgan fingerprint density at radius 3 is 2.69 bits per heavy atom. The lowest BCUT2D eigenvalue weighted by Gasteiger charge is -2.22. The number of nitrogens with zero attached hydrogens (tertiary/aromatic N) is 2. The number of pyridine rings is 1. The molecule has 1 N–H and O–H groups in total. The van der Waals surface area contributed by atoms with E-state index >= 15 is 0 Å². The SMILES string of the molecule is CCCN(CCCNc1ccnc2cc(C(F)(F)F)ccc12)Cc1ccc2c(c1)OCO2. The molecule has 0 unspecified atom stereocenters. The van der Waals surface area contributed by atoms with Crippen LogP contribution in [-0.2, 0) is 12.7 Å². The topological polar surface area (TPSA) is 46.6 Å². The molecule has 0 saturated heterocycles. The van der Waals surface area contributed by atoms with Crippen molar-refractivity contribution in [3.8, 4) is 11.5 Å². The van der Waals surface area contributed by atoms with E-state index in [2.05, 4.69) is 28.2 Å². The first-order valence-electron chi connectivity index (χ1n) is 10.7. The summed E-state index contributed by atoms with van der Waals surface area (Å²) in [6.45, 7) is 5.83. The lowest BCUT2D eigenvalue weighted by atomic mass is 10.1. The van der Waals surface area contributed by atoms with Crippen LogP contribution in [0.4, 0.5) is 18.9 Å². The van der Waals surface area contributed by atoms with Gasteiger partial charge in [0.15, 0.2) is 11.5 Å². The van der Waals surface area contributed by atoms with Crippen LogP contribution in [0.3, 0.4) is 0 Å². The first kappa shape index (κ1) is 22.2. The Bertz CT molecular complexity index is 1070. The Kier molecular flexibility index (Phi) is 6.69. The second-order valence-electron chi connectivity index (χ2n) is 7.83. The Labute approximate surface area is 185 Å². The molecule has 0 atom stereocenters. The van der Waals surface area contributed by atoms with Gasteiger partial charge in [0.1, 0.15) is 0 Å². The van der Waals surface area contributed by atoms with E-state index in [-0.39, 0.29) is 6.79 Å². The summed E-state index contributed by atoms with van der Waals surface area (Å²) in [5.74, 6) is 1.57. The van der Waals surface area contributed by atoms with Gasteiger partial charge < -0.3 is 14.8 Å². The molecule has 32 heavy (non-hydrogen) atoms. The van der Waals surface area contributed by atoms with Gasteiger partial charge in [0.2, 0.25) is 6.79 Å². The van der Waals surface area contributed by atoms with E-state index in [1.807, 2.05) is 12.1 Å². The summed E-state index contributed by atoms with van der Waals surface area (Å²) in [4.78, 5) is 6.49. The molecule has 0 bridgehead atoms. The average molecular weight is 445 g/mol. The van der Waals surface area contributed by atoms with Gasteiger partial charge in [0.25, 0.3) is 0 Å². The normalized spacial score (nSPS) is 13.2. The van der Waals surface area contributed by atoms with Crippen molar-refractivity contribution >= 4 is 16.6 Å². The van der Waals surface area contributed by atoms with E-state index in [0.717, 1.165) is 61.8 Å². The number of alkyl halides is 3. The molecule has 8 heteroatoms. The second-order valence-corrected chi connectivity index (χ2v) is 7.83. The van der Waals surface area contributed by atoms with Gasteiger partial charge in [-0.05, 0) is 55.3 Å². The van der Waals surface area contributed by atoms with Crippen LogP contribution in [-0.4, -0.2) is 36.3 Å². The lowest BCUT2D eigenvalue weighted by Crippen LogP contribution is -2.26. The molecule has 4 rings (SSSR count). The molecule has 3 aromatic rings. The van der Waals surface area contributed by atoms with Gasteiger partial charge in [-0.3, -0.25) is 9.88 Å². The van der Waals surface area contributed by atoms with Gasteiger partial charge in [-0.1, -0.05) is 19.1 Å². The summed E-state index contributed by atoms with van der Waals surface area (Å²) in [7, 11) is 0. The number of halogens is 3. The monoisotopic (exact) mass is 445 g/mol. The number of hydrogen-bond donors (Lipinski definition) is 1. The van der Waals surface area contributed by atoms with Crippen molar-refractivity contribution < 1.29 is 22.6 Å². The highest BCUT2D eigenvalue weighted by Crippen LogP contribution is 2.33. The number of benzene rings is 2. The summed E-state index contributed by atoms with van der Waals surface area (Å²) >= 11 is 0. The maximum absolute atomic E-state index is 13.0. The predicted octanol–water partition coefficient (Wildman–Crippen LogP) is 5.70. The molecular weight excluding hydrogens is 419 g/mol.